The second-order valence-corrected chi connectivity index (χ2v) is 5.02. The van der Waals surface area contributed by atoms with Crippen LogP contribution in [0.1, 0.15) is 31.9 Å². The van der Waals surface area contributed by atoms with Gasteiger partial charge < -0.3 is 15.0 Å². The first-order valence-electron chi connectivity index (χ1n) is 6.96. The summed E-state index contributed by atoms with van der Waals surface area (Å²) in [6, 6.07) is 6.99. The van der Waals surface area contributed by atoms with Gasteiger partial charge in [-0.1, -0.05) is 13.0 Å². The number of hydrogen-bond donors (Lipinski definition) is 2. The average Bonchev–Trinajstić information content (AvgIpc) is 2.42. The quantitative estimate of drug-likeness (QED) is 0.888. The van der Waals surface area contributed by atoms with E-state index in [2.05, 4.69) is 5.32 Å². The molecule has 0 saturated heterocycles. The number of pyridine rings is 1. The average molecular weight is 290 g/mol. The number of phenols is 1. The van der Waals surface area contributed by atoms with Crippen LogP contribution in [0.2, 0.25) is 0 Å². The van der Waals surface area contributed by atoms with Gasteiger partial charge in [0.05, 0.1) is 11.7 Å². The molecule has 0 aliphatic heterocycles. The standard InChI is InChI=1S/C16H19FN2O2/c1-3-8-19-10-12(4-7-16(19)21)18-11(2)14-6-5-13(20)9-15(14)17/h4-7,9-11,18,20H,3,8H2,1-2H3. The van der Waals surface area contributed by atoms with Gasteiger partial charge in [0.2, 0.25) is 0 Å². The molecule has 2 aromatic rings. The van der Waals surface area contributed by atoms with Crippen molar-refractivity contribution in [3.05, 3.63) is 58.3 Å². The van der Waals surface area contributed by atoms with Crippen LogP contribution in [0.4, 0.5) is 10.1 Å². The maximum atomic E-state index is 13.8. The molecule has 1 heterocycles. The Bertz CT molecular complexity index is 682. The summed E-state index contributed by atoms with van der Waals surface area (Å²) in [4.78, 5) is 11.7. The van der Waals surface area contributed by atoms with Gasteiger partial charge >= 0.3 is 0 Å². The summed E-state index contributed by atoms with van der Waals surface area (Å²) in [5, 5.41) is 12.4. The summed E-state index contributed by atoms with van der Waals surface area (Å²) in [5.41, 5.74) is 1.16. The van der Waals surface area contributed by atoms with Gasteiger partial charge in [-0.25, -0.2) is 4.39 Å². The van der Waals surface area contributed by atoms with Gasteiger partial charge in [-0.05, 0) is 25.5 Å². The van der Waals surface area contributed by atoms with Crippen molar-refractivity contribution < 1.29 is 9.50 Å². The number of hydrogen-bond acceptors (Lipinski definition) is 3. The van der Waals surface area contributed by atoms with Crippen LogP contribution in [0, 0.1) is 5.82 Å². The van der Waals surface area contributed by atoms with Gasteiger partial charge in [-0.2, -0.15) is 0 Å². The van der Waals surface area contributed by atoms with Gasteiger partial charge in [-0.15, -0.1) is 0 Å². The molecule has 1 atom stereocenters. The number of nitrogens with one attached hydrogen (secondary N) is 1. The SMILES string of the molecule is CCCn1cc(NC(C)c2ccc(O)cc2F)ccc1=O. The van der Waals surface area contributed by atoms with Crippen molar-refractivity contribution in [2.24, 2.45) is 0 Å². The Morgan fingerprint density at radius 2 is 2.10 bits per heavy atom. The number of aromatic hydroxyl groups is 1. The zero-order valence-electron chi connectivity index (χ0n) is 12.1. The number of aryl methyl sites for hydroxylation is 1. The Kier molecular flexibility index (Phi) is 4.62. The van der Waals surface area contributed by atoms with Crippen LogP contribution in [0.5, 0.6) is 5.75 Å². The lowest BCUT2D eigenvalue weighted by atomic mass is 10.1. The molecule has 4 nitrogen and oxygen atoms in total. The number of aromatic nitrogens is 1. The molecule has 0 aliphatic carbocycles. The van der Waals surface area contributed by atoms with Gasteiger partial charge in [0.15, 0.2) is 0 Å². The van der Waals surface area contributed by atoms with Crippen molar-refractivity contribution in [3.8, 4) is 5.75 Å². The van der Waals surface area contributed by atoms with Crippen LogP contribution in [-0.4, -0.2) is 9.67 Å². The van der Waals surface area contributed by atoms with Gasteiger partial charge in [0.25, 0.3) is 5.56 Å². The van der Waals surface area contributed by atoms with E-state index in [0.717, 1.165) is 18.2 Å². The summed E-state index contributed by atoms with van der Waals surface area (Å²) in [6.07, 6.45) is 2.60. The lowest BCUT2D eigenvalue weighted by Gasteiger charge is -2.17. The number of nitrogens with zero attached hydrogens (tertiary/aromatic N) is 1. The fraction of sp³-hybridized carbons (Fsp3) is 0.312. The largest absolute Gasteiger partial charge is 0.508 e. The second-order valence-electron chi connectivity index (χ2n) is 5.02. The number of anilines is 1. The van der Waals surface area contributed by atoms with Crippen LogP contribution in [0.25, 0.3) is 0 Å². The van der Waals surface area contributed by atoms with Crippen LogP contribution in [-0.2, 0) is 6.54 Å². The van der Waals surface area contributed by atoms with Crippen molar-refractivity contribution >= 4 is 5.69 Å². The first-order valence-corrected chi connectivity index (χ1v) is 6.96. The third-order valence-electron chi connectivity index (χ3n) is 3.28. The van der Waals surface area contributed by atoms with E-state index in [-0.39, 0.29) is 17.4 Å². The first kappa shape index (κ1) is 15.1. The minimum atomic E-state index is -0.461. The van der Waals surface area contributed by atoms with E-state index in [0.29, 0.717) is 12.1 Å². The van der Waals surface area contributed by atoms with Crippen molar-refractivity contribution in [3.63, 3.8) is 0 Å². The minimum Gasteiger partial charge on any atom is -0.508 e. The first-order chi connectivity index (χ1) is 10.0. The van der Waals surface area contributed by atoms with E-state index in [1.54, 1.807) is 22.9 Å². The summed E-state index contributed by atoms with van der Waals surface area (Å²) < 4.78 is 15.4. The number of rotatable bonds is 5. The molecule has 21 heavy (non-hydrogen) atoms. The number of phenolic OH excluding ortho intramolecular Hbond substituents is 1. The molecule has 1 unspecified atom stereocenters. The second kappa shape index (κ2) is 6.43. The molecule has 5 heteroatoms. The van der Waals surface area contributed by atoms with Crippen molar-refractivity contribution in [2.75, 3.05) is 5.32 Å². The summed E-state index contributed by atoms with van der Waals surface area (Å²) in [5.74, 6) is -0.558. The smallest absolute Gasteiger partial charge is 0.250 e. The van der Waals surface area contributed by atoms with Crippen molar-refractivity contribution in [1.82, 2.24) is 4.57 Å². The molecule has 2 N–H and O–H groups in total. The highest BCUT2D eigenvalue weighted by Gasteiger charge is 2.11. The van der Waals surface area contributed by atoms with Gasteiger partial charge in [0, 0.05) is 30.4 Å². The number of halogens is 1. The molecule has 0 radical (unpaired) electrons. The van der Waals surface area contributed by atoms with Crippen molar-refractivity contribution in [2.45, 2.75) is 32.9 Å². The molecule has 2 rings (SSSR count). The van der Waals surface area contributed by atoms with E-state index >= 15 is 0 Å². The zero-order valence-corrected chi connectivity index (χ0v) is 12.1. The van der Waals surface area contributed by atoms with Gasteiger partial charge in [0.1, 0.15) is 11.6 Å². The molecule has 0 fully saturated rings. The molecular formula is C16H19FN2O2. The normalized spacial score (nSPS) is 12.1. The lowest BCUT2D eigenvalue weighted by molar-refractivity contribution is 0.467. The summed E-state index contributed by atoms with van der Waals surface area (Å²) in [6.45, 7) is 4.47. The highest BCUT2D eigenvalue weighted by Crippen LogP contribution is 2.24. The topological polar surface area (TPSA) is 54.3 Å². The predicted molar refractivity (Wildman–Crippen MR) is 81.1 cm³/mol. The van der Waals surface area contributed by atoms with E-state index in [9.17, 15) is 14.3 Å². The molecule has 1 aromatic heterocycles. The molecule has 0 saturated carbocycles. The maximum Gasteiger partial charge on any atom is 0.250 e. The lowest BCUT2D eigenvalue weighted by Crippen LogP contribution is -2.19. The summed E-state index contributed by atoms with van der Waals surface area (Å²) >= 11 is 0. The fourth-order valence-electron chi connectivity index (χ4n) is 2.23. The van der Waals surface area contributed by atoms with Gasteiger partial charge in [-0.3, -0.25) is 4.79 Å². The van der Waals surface area contributed by atoms with E-state index in [1.165, 1.54) is 12.1 Å². The van der Waals surface area contributed by atoms with E-state index in [4.69, 9.17) is 0 Å². The van der Waals surface area contributed by atoms with Crippen LogP contribution >= 0.6 is 0 Å². The third-order valence-corrected chi connectivity index (χ3v) is 3.28. The zero-order chi connectivity index (χ0) is 15.4. The molecule has 0 bridgehead atoms. The molecule has 0 amide bonds. The summed E-state index contributed by atoms with van der Waals surface area (Å²) in [7, 11) is 0. The van der Waals surface area contributed by atoms with Crippen LogP contribution < -0.4 is 10.9 Å². The predicted octanol–water partition coefficient (Wildman–Crippen LogP) is 3.28. The maximum absolute atomic E-state index is 13.8. The van der Waals surface area contributed by atoms with Crippen LogP contribution in [0.3, 0.4) is 0 Å². The Hall–Kier alpha value is -2.30. The fourth-order valence-corrected chi connectivity index (χ4v) is 2.23. The van der Waals surface area contributed by atoms with E-state index in [1.807, 2.05) is 13.8 Å². The number of benzene rings is 1. The monoisotopic (exact) mass is 290 g/mol. The molecule has 0 aliphatic rings. The Balaban J connectivity index is 2.21. The Labute approximate surface area is 122 Å². The Morgan fingerprint density at radius 1 is 1.33 bits per heavy atom. The molecule has 112 valence electrons. The van der Waals surface area contributed by atoms with E-state index < -0.39 is 5.82 Å². The molecule has 0 spiro atoms. The third kappa shape index (κ3) is 3.62. The highest BCUT2D eigenvalue weighted by atomic mass is 19.1. The van der Waals surface area contributed by atoms with Crippen LogP contribution in [0.15, 0.2) is 41.3 Å². The van der Waals surface area contributed by atoms with Crippen molar-refractivity contribution in [1.29, 1.82) is 0 Å². The Morgan fingerprint density at radius 3 is 2.76 bits per heavy atom. The highest BCUT2D eigenvalue weighted by molar-refractivity contribution is 5.44. The molecule has 1 aromatic carbocycles. The molecular weight excluding hydrogens is 271 g/mol. The minimum absolute atomic E-state index is 0.0501.